The molecular formula is C10H19N3O2S. The fourth-order valence-electron chi connectivity index (χ4n) is 1.15. The lowest BCUT2D eigenvalue weighted by Gasteiger charge is -2.05. The molecule has 0 aromatic heterocycles. The molecule has 6 heteroatoms. The third-order valence-corrected chi connectivity index (χ3v) is 2.17. The Morgan fingerprint density at radius 3 is 2.50 bits per heavy atom. The highest BCUT2D eigenvalue weighted by atomic mass is 32.1. The molecule has 0 heterocycles. The van der Waals surface area contributed by atoms with Crippen LogP contribution in [0, 0.1) is 0 Å². The maximum absolute atomic E-state index is 11.1. The van der Waals surface area contributed by atoms with E-state index in [4.69, 9.17) is 0 Å². The van der Waals surface area contributed by atoms with E-state index in [0.29, 0.717) is 25.4 Å². The molecule has 0 unspecified atom stereocenters. The molecular weight excluding hydrogens is 226 g/mol. The average molecular weight is 245 g/mol. The topological polar surface area (TPSA) is 70.6 Å². The molecule has 5 nitrogen and oxygen atoms in total. The molecule has 0 radical (unpaired) electrons. The summed E-state index contributed by atoms with van der Waals surface area (Å²) in [5, 5.41) is 5.42. The molecule has 0 fully saturated rings. The Bertz CT molecular complexity index is 230. The average Bonchev–Trinajstić information content (AvgIpc) is 2.30. The lowest BCUT2D eigenvalue weighted by atomic mass is 10.2. The summed E-state index contributed by atoms with van der Waals surface area (Å²) >= 11 is 3.98. The van der Waals surface area contributed by atoms with Gasteiger partial charge < -0.3 is 10.6 Å². The molecule has 0 saturated heterocycles. The van der Waals surface area contributed by atoms with Crippen molar-refractivity contribution in [1.29, 1.82) is 0 Å². The molecule has 0 aromatic carbocycles. The van der Waals surface area contributed by atoms with Crippen LogP contribution < -0.4 is 10.6 Å². The molecule has 16 heavy (non-hydrogen) atoms. The highest BCUT2D eigenvalue weighted by molar-refractivity contribution is 7.80. The fourth-order valence-corrected chi connectivity index (χ4v) is 1.26. The molecule has 0 saturated carbocycles. The Morgan fingerprint density at radius 1 is 1.12 bits per heavy atom. The van der Waals surface area contributed by atoms with E-state index in [-0.39, 0.29) is 6.03 Å². The van der Waals surface area contributed by atoms with Crippen LogP contribution in [0.2, 0.25) is 0 Å². The van der Waals surface area contributed by atoms with E-state index in [1.165, 1.54) is 6.08 Å². The van der Waals surface area contributed by atoms with E-state index in [1.54, 1.807) is 0 Å². The van der Waals surface area contributed by atoms with Gasteiger partial charge in [-0.1, -0.05) is 12.8 Å². The molecule has 0 rings (SSSR count). The first-order valence-electron chi connectivity index (χ1n) is 5.47. The number of hydrogen-bond donors (Lipinski definition) is 3. The van der Waals surface area contributed by atoms with Gasteiger partial charge in [-0.2, -0.15) is 12.6 Å². The first-order chi connectivity index (χ1) is 7.81. The van der Waals surface area contributed by atoms with Gasteiger partial charge in [-0.25, -0.2) is 14.6 Å². The maximum Gasteiger partial charge on any atom is 0.314 e. The van der Waals surface area contributed by atoms with E-state index in [0.717, 1.165) is 25.7 Å². The summed E-state index contributed by atoms with van der Waals surface area (Å²) in [4.78, 5) is 24.3. The van der Waals surface area contributed by atoms with Crippen molar-refractivity contribution in [1.82, 2.24) is 10.6 Å². The van der Waals surface area contributed by atoms with Crippen molar-refractivity contribution in [3.8, 4) is 0 Å². The zero-order valence-corrected chi connectivity index (χ0v) is 10.3. The monoisotopic (exact) mass is 245 g/mol. The van der Waals surface area contributed by atoms with Crippen LogP contribution >= 0.6 is 12.6 Å². The second-order valence-corrected chi connectivity index (χ2v) is 3.74. The van der Waals surface area contributed by atoms with Gasteiger partial charge in [-0.05, 0) is 12.8 Å². The lowest BCUT2D eigenvalue weighted by molar-refractivity contribution is 0.241. The first kappa shape index (κ1) is 15.0. The Kier molecular flexibility index (Phi) is 11.3. The van der Waals surface area contributed by atoms with E-state index >= 15 is 0 Å². The maximum atomic E-state index is 11.1. The van der Waals surface area contributed by atoms with Gasteiger partial charge in [0, 0.05) is 18.8 Å². The largest absolute Gasteiger partial charge is 0.338 e. The van der Waals surface area contributed by atoms with E-state index in [9.17, 15) is 9.59 Å². The minimum Gasteiger partial charge on any atom is -0.338 e. The van der Waals surface area contributed by atoms with Gasteiger partial charge >= 0.3 is 6.03 Å². The SMILES string of the molecule is O=C=NCCCCCCNC(=O)NCCS. The normalized spacial score (nSPS) is 9.31. The first-order valence-corrected chi connectivity index (χ1v) is 6.10. The molecule has 0 aromatic rings. The van der Waals surface area contributed by atoms with Crippen LogP contribution in [-0.2, 0) is 4.79 Å². The predicted molar refractivity (Wildman–Crippen MR) is 66.7 cm³/mol. The van der Waals surface area contributed by atoms with Gasteiger partial charge in [0.1, 0.15) is 0 Å². The Morgan fingerprint density at radius 2 is 1.81 bits per heavy atom. The molecule has 0 aliphatic rings. The van der Waals surface area contributed by atoms with Crippen LogP contribution in [-0.4, -0.2) is 37.5 Å². The van der Waals surface area contributed by atoms with Crippen LogP contribution in [0.5, 0.6) is 0 Å². The van der Waals surface area contributed by atoms with Crippen molar-refractivity contribution < 1.29 is 9.59 Å². The Balaban J connectivity index is 3.14. The van der Waals surface area contributed by atoms with Crippen molar-refractivity contribution in [2.24, 2.45) is 4.99 Å². The summed E-state index contributed by atoms with van der Waals surface area (Å²) in [6.45, 7) is 1.81. The number of carbonyl (C=O) groups is 1. The van der Waals surface area contributed by atoms with Crippen molar-refractivity contribution in [2.45, 2.75) is 25.7 Å². The summed E-state index contributed by atoms with van der Waals surface area (Å²) < 4.78 is 0. The summed E-state index contributed by atoms with van der Waals surface area (Å²) in [5.41, 5.74) is 0. The zero-order valence-electron chi connectivity index (χ0n) is 9.37. The highest BCUT2D eigenvalue weighted by Gasteiger charge is 1.96. The fraction of sp³-hybridized carbons (Fsp3) is 0.800. The van der Waals surface area contributed by atoms with Crippen LogP contribution in [0.1, 0.15) is 25.7 Å². The Hall–Kier alpha value is -1.00. The van der Waals surface area contributed by atoms with Crippen molar-refractivity contribution in [3.05, 3.63) is 0 Å². The summed E-state index contributed by atoms with van der Waals surface area (Å²) in [6, 6.07) is -0.139. The van der Waals surface area contributed by atoms with Crippen molar-refractivity contribution in [2.75, 3.05) is 25.4 Å². The second kappa shape index (κ2) is 12.1. The number of rotatable bonds is 9. The van der Waals surface area contributed by atoms with Crippen molar-refractivity contribution >= 4 is 24.7 Å². The molecule has 0 spiro atoms. The quantitative estimate of drug-likeness (QED) is 0.246. The number of thiol groups is 1. The molecule has 0 aliphatic carbocycles. The second-order valence-electron chi connectivity index (χ2n) is 3.29. The number of unbranched alkanes of at least 4 members (excludes halogenated alkanes) is 3. The van der Waals surface area contributed by atoms with Gasteiger partial charge in [0.25, 0.3) is 0 Å². The molecule has 2 amide bonds. The van der Waals surface area contributed by atoms with Gasteiger partial charge in [0.2, 0.25) is 6.08 Å². The summed E-state index contributed by atoms with van der Waals surface area (Å²) in [5.74, 6) is 0.644. The van der Waals surface area contributed by atoms with Crippen LogP contribution in [0.25, 0.3) is 0 Å². The summed E-state index contributed by atoms with van der Waals surface area (Å²) in [7, 11) is 0. The number of aliphatic imine (C=N–C) groups is 1. The van der Waals surface area contributed by atoms with Gasteiger partial charge in [-0.3, -0.25) is 0 Å². The number of nitrogens with zero attached hydrogens (tertiary/aromatic N) is 1. The molecule has 2 N–H and O–H groups in total. The molecule has 0 bridgehead atoms. The molecule has 92 valence electrons. The van der Waals surface area contributed by atoms with Gasteiger partial charge in [0.05, 0.1) is 6.54 Å². The van der Waals surface area contributed by atoms with E-state index in [1.807, 2.05) is 0 Å². The standard InChI is InChI=1S/C10H19N3O2S/c14-9-11-5-3-1-2-4-6-12-10(15)13-7-8-16/h16H,1-8H2,(H2,12,13,15). The number of carbonyl (C=O) groups excluding carboxylic acids is 2. The summed E-state index contributed by atoms with van der Waals surface area (Å²) in [6.07, 6.45) is 5.40. The highest BCUT2D eigenvalue weighted by Crippen LogP contribution is 1.98. The van der Waals surface area contributed by atoms with Crippen LogP contribution in [0.3, 0.4) is 0 Å². The minimum absolute atomic E-state index is 0.139. The van der Waals surface area contributed by atoms with Gasteiger partial charge in [-0.15, -0.1) is 0 Å². The third kappa shape index (κ3) is 11.1. The van der Waals surface area contributed by atoms with E-state index in [2.05, 4.69) is 28.3 Å². The molecule has 0 aliphatic heterocycles. The van der Waals surface area contributed by atoms with Crippen LogP contribution in [0.4, 0.5) is 4.79 Å². The van der Waals surface area contributed by atoms with E-state index < -0.39 is 0 Å². The minimum atomic E-state index is -0.139. The lowest BCUT2D eigenvalue weighted by Crippen LogP contribution is -2.36. The van der Waals surface area contributed by atoms with Crippen LogP contribution in [0.15, 0.2) is 4.99 Å². The number of nitrogens with one attached hydrogen (secondary N) is 2. The van der Waals surface area contributed by atoms with Crippen molar-refractivity contribution in [3.63, 3.8) is 0 Å². The van der Waals surface area contributed by atoms with Gasteiger partial charge in [0.15, 0.2) is 0 Å². The number of isocyanates is 1. The predicted octanol–water partition coefficient (Wildman–Crippen LogP) is 1.11. The molecule has 0 atom stereocenters. The number of amides is 2. The number of hydrogen-bond acceptors (Lipinski definition) is 4. The smallest absolute Gasteiger partial charge is 0.314 e. The number of urea groups is 1. The Labute approximate surface area is 101 Å². The zero-order chi connectivity index (χ0) is 12.1. The third-order valence-electron chi connectivity index (χ3n) is 1.94.